The zero-order valence-electron chi connectivity index (χ0n) is 25.0. The van der Waals surface area contributed by atoms with Gasteiger partial charge in [0, 0.05) is 6.54 Å². The Bertz CT molecular complexity index is 1090. The summed E-state index contributed by atoms with van der Waals surface area (Å²) in [6, 6.07) is 14.3. The third-order valence-corrected chi connectivity index (χ3v) is 7.71. The Labute approximate surface area is 230 Å². The smallest absolute Gasteiger partial charge is 0.445 e. The lowest BCUT2D eigenvalue weighted by molar-refractivity contribution is 0.00578. The van der Waals surface area contributed by atoms with Crippen molar-refractivity contribution in [2.75, 3.05) is 6.54 Å². The summed E-state index contributed by atoms with van der Waals surface area (Å²) in [4.78, 5) is 12.7. The number of amides is 1. The second-order valence-corrected chi connectivity index (χ2v) is 12.3. The van der Waals surface area contributed by atoms with Crippen molar-refractivity contribution >= 4 is 19.3 Å². The highest BCUT2D eigenvalue weighted by Crippen LogP contribution is 2.40. The number of benzene rings is 2. The molecule has 0 bridgehead atoms. The van der Waals surface area contributed by atoms with Crippen LogP contribution in [0.4, 0.5) is 4.79 Å². The molecule has 2 aromatic rings. The minimum absolute atomic E-state index is 0.216. The average Bonchev–Trinajstić information content (AvgIpc) is 3.06. The SMILES string of the molecule is CC(C)c1cc(C(C)C)c(C=C(CNC(=O)OCc2ccccc2)B2OC(C)(C)C(C)(C)O2)c(C(C)C)c1. The van der Waals surface area contributed by atoms with Crippen LogP contribution in [0.2, 0.25) is 0 Å². The lowest BCUT2D eigenvalue weighted by Gasteiger charge is -2.32. The summed E-state index contributed by atoms with van der Waals surface area (Å²) in [5.74, 6) is 1.10. The minimum Gasteiger partial charge on any atom is -0.445 e. The number of ether oxygens (including phenoxy) is 1. The lowest BCUT2D eigenvalue weighted by atomic mass is 9.75. The predicted octanol–water partition coefficient (Wildman–Crippen LogP) is 8.00. The first-order chi connectivity index (χ1) is 17.7. The number of nitrogens with one attached hydrogen (secondary N) is 1. The van der Waals surface area contributed by atoms with Crippen molar-refractivity contribution < 1.29 is 18.8 Å². The molecule has 1 aliphatic heterocycles. The molecule has 206 valence electrons. The quantitative estimate of drug-likeness (QED) is 0.341. The summed E-state index contributed by atoms with van der Waals surface area (Å²) in [5.41, 5.74) is 5.93. The van der Waals surface area contributed by atoms with E-state index in [1.807, 2.05) is 58.0 Å². The summed E-state index contributed by atoms with van der Waals surface area (Å²) in [6.45, 7) is 22.0. The number of hydrogen-bond donors (Lipinski definition) is 1. The van der Waals surface area contributed by atoms with Gasteiger partial charge in [-0.05, 0) is 78.7 Å². The van der Waals surface area contributed by atoms with Crippen LogP contribution in [0.5, 0.6) is 0 Å². The van der Waals surface area contributed by atoms with Gasteiger partial charge in [0.15, 0.2) is 0 Å². The van der Waals surface area contributed by atoms with Crippen LogP contribution in [0.25, 0.3) is 6.08 Å². The van der Waals surface area contributed by atoms with Gasteiger partial charge in [-0.15, -0.1) is 0 Å². The molecular formula is C32H46BNO4. The van der Waals surface area contributed by atoms with Gasteiger partial charge in [-0.25, -0.2) is 4.79 Å². The molecule has 6 heteroatoms. The lowest BCUT2D eigenvalue weighted by Crippen LogP contribution is -2.41. The molecule has 0 aliphatic carbocycles. The number of carbonyl (C=O) groups excluding carboxylic acids is 1. The number of alkyl carbamates (subject to hydrolysis) is 1. The molecule has 1 amide bonds. The van der Waals surface area contributed by atoms with Gasteiger partial charge in [0.2, 0.25) is 0 Å². The van der Waals surface area contributed by atoms with Gasteiger partial charge >= 0.3 is 13.2 Å². The summed E-state index contributed by atoms with van der Waals surface area (Å²) in [5, 5.41) is 2.94. The van der Waals surface area contributed by atoms with Crippen molar-refractivity contribution in [3.8, 4) is 0 Å². The Balaban J connectivity index is 1.98. The molecule has 1 saturated heterocycles. The molecule has 0 spiro atoms. The zero-order chi connectivity index (χ0) is 28.3. The number of hydrogen-bond acceptors (Lipinski definition) is 4. The van der Waals surface area contributed by atoms with Crippen LogP contribution in [-0.2, 0) is 20.7 Å². The minimum atomic E-state index is -0.584. The van der Waals surface area contributed by atoms with E-state index >= 15 is 0 Å². The van der Waals surface area contributed by atoms with E-state index in [0.29, 0.717) is 17.8 Å². The van der Waals surface area contributed by atoms with Gasteiger partial charge < -0.3 is 19.4 Å². The van der Waals surface area contributed by atoms with Crippen molar-refractivity contribution in [3.63, 3.8) is 0 Å². The molecule has 0 unspecified atom stereocenters. The van der Waals surface area contributed by atoms with E-state index < -0.39 is 24.4 Å². The Morgan fingerprint density at radius 1 is 0.895 bits per heavy atom. The summed E-state index contributed by atoms with van der Waals surface area (Å²) in [6.07, 6.45) is 1.70. The van der Waals surface area contributed by atoms with Gasteiger partial charge in [0.05, 0.1) is 11.2 Å². The van der Waals surface area contributed by atoms with E-state index in [0.717, 1.165) is 11.0 Å². The van der Waals surface area contributed by atoms with Crippen LogP contribution in [0.15, 0.2) is 47.9 Å². The normalized spacial score (nSPS) is 17.0. The Kier molecular flexibility index (Phi) is 9.54. The van der Waals surface area contributed by atoms with Crippen LogP contribution in [0, 0.1) is 0 Å². The Morgan fingerprint density at radius 2 is 1.42 bits per heavy atom. The highest BCUT2D eigenvalue weighted by molar-refractivity contribution is 6.56. The van der Waals surface area contributed by atoms with Crippen molar-refractivity contribution in [2.24, 2.45) is 0 Å². The van der Waals surface area contributed by atoms with Crippen molar-refractivity contribution in [3.05, 3.63) is 75.8 Å². The fourth-order valence-corrected chi connectivity index (χ4v) is 4.51. The molecule has 38 heavy (non-hydrogen) atoms. The third kappa shape index (κ3) is 7.09. The molecule has 5 nitrogen and oxygen atoms in total. The van der Waals surface area contributed by atoms with Gasteiger partial charge in [-0.3, -0.25) is 0 Å². The standard InChI is InChI=1S/C32H46BNO4/c1-21(2)25-16-27(22(3)4)29(28(17-25)23(5)6)18-26(33-37-31(7,8)32(9,10)38-33)19-34-30(35)36-20-24-14-12-11-13-15-24/h11-18,21-23H,19-20H2,1-10H3,(H,34,35). The molecule has 1 fully saturated rings. The molecular weight excluding hydrogens is 473 g/mol. The van der Waals surface area contributed by atoms with Crippen molar-refractivity contribution in [1.82, 2.24) is 5.32 Å². The molecule has 3 rings (SSSR count). The van der Waals surface area contributed by atoms with Crippen LogP contribution < -0.4 is 5.32 Å². The van der Waals surface area contributed by atoms with Crippen LogP contribution in [-0.4, -0.2) is 31.0 Å². The first kappa shape index (κ1) is 30.0. The molecule has 2 aromatic carbocycles. The van der Waals surface area contributed by atoms with E-state index in [2.05, 4.69) is 65.1 Å². The second kappa shape index (κ2) is 12.1. The van der Waals surface area contributed by atoms with Gasteiger partial charge in [0.1, 0.15) is 6.61 Å². The van der Waals surface area contributed by atoms with Gasteiger partial charge in [-0.2, -0.15) is 0 Å². The van der Waals surface area contributed by atoms with Crippen LogP contribution in [0.1, 0.15) is 115 Å². The van der Waals surface area contributed by atoms with Crippen LogP contribution >= 0.6 is 0 Å². The molecule has 0 radical (unpaired) electrons. The first-order valence-electron chi connectivity index (χ1n) is 13.9. The third-order valence-electron chi connectivity index (χ3n) is 7.71. The van der Waals surface area contributed by atoms with Crippen LogP contribution in [0.3, 0.4) is 0 Å². The predicted molar refractivity (Wildman–Crippen MR) is 157 cm³/mol. The van der Waals surface area contributed by atoms with E-state index in [4.69, 9.17) is 14.0 Å². The zero-order valence-corrected chi connectivity index (χ0v) is 25.0. The highest BCUT2D eigenvalue weighted by atomic mass is 16.7. The Morgan fingerprint density at radius 3 is 1.89 bits per heavy atom. The summed E-state index contributed by atoms with van der Waals surface area (Å²) < 4.78 is 18.4. The van der Waals surface area contributed by atoms with E-state index in [1.165, 1.54) is 22.3 Å². The average molecular weight is 520 g/mol. The molecule has 0 aromatic heterocycles. The summed E-state index contributed by atoms with van der Waals surface area (Å²) in [7, 11) is -0.584. The monoisotopic (exact) mass is 519 g/mol. The fraction of sp³-hybridized carbons (Fsp3) is 0.531. The van der Waals surface area contributed by atoms with E-state index in [1.54, 1.807) is 0 Å². The molecule has 0 atom stereocenters. The maximum atomic E-state index is 12.7. The maximum Gasteiger partial charge on any atom is 0.492 e. The maximum absolute atomic E-state index is 12.7. The Hall–Kier alpha value is -2.57. The second-order valence-electron chi connectivity index (χ2n) is 12.3. The first-order valence-corrected chi connectivity index (χ1v) is 13.9. The number of rotatable bonds is 9. The highest BCUT2D eigenvalue weighted by Gasteiger charge is 2.52. The molecule has 1 N–H and O–H groups in total. The van der Waals surface area contributed by atoms with Crippen molar-refractivity contribution in [1.29, 1.82) is 0 Å². The van der Waals surface area contributed by atoms with Crippen molar-refractivity contribution in [2.45, 2.75) is 105 Å². The summed E-state index contributed by atoms with van der Waals surface area (Å²) >= 11 is 0. The molecule has 1 heterocycles. The van der Waals surface area contributed by atoms with E-state index in [-0.39, 0.29) is 13.2 Å². The van der Waals surface area contributed by atoms with Gasteiger partial charge in [0.25, 0.3) is 0 Å². The fourth-order valence-electron chi connectivity index (χ4n) is 4.51. The van der Waals surface area contributed by atoms with E-state index in [9.17, 15) is 4.79 Å². The molecule has 0 saturated carbocycles. The topological polar surface area (TPSA) is 56.8 Å². The number of carbonyl (C=O) groups is 1. The molecule has 1 aliphatic rings. The largest absolute Gasteiger partial charge is 0.492 e. The van der Waals surface area contributed by atoms with Gasteiger partial charge in [-0.1, -0.05) is 90.1 Å².